The molecule has 0 aliphatic heterocycles. The molecule has 0 spiro atoms. The van der Waals surface area contributed by atoms with Gasteiger partial charge in [0.1, 0.15) is 0 Å². The summed E-state index contributed by atoms with van der Waals surface area (Å²) in [6.07, 6.45) is -0.544. The van der Waals surface area contributed by atoms with Crippen LogP contribution in [0.1, 0.15) is 22.8 Å². The Morgan fingerprint density at radius 3 is 2.48 bits per heavy atom. The molecule has 2 rings (SSSR count). The highest BCUT2D eigenvalue weighted by Gasteiger charge is 2.07. The number of methoxy groups -OCH3 is 1. The zero-order chi connectivity index (χ0) is 15.2. The highest BCUT2D eigenvalue weighted by molar-refractivity contribution is 5.41. The third-order valence-electron chi connectivity index (χ3n) is 3.37. The number of aliphatic hydroxyl groups is 1. The van der Waals surface area contributed by atoms with Crippen molar-refractivity contribution in [3.8, 4) is 11.5 Å². The maximum Gasteiger partial charge on any atom is 0.160 e. The molecule has 2 aromatic carbocycles. The van der Waals surface area contributed by atoms with Crippen molar-refractivity contribution in [2.75, 3.05) is 13.7 Å². The number of aromatic hydroxyl groups is 1. The minimum Gasteiger partial charge on any atom is -0.504 e. The molecule has 0 unspecified atom stereocenters. The molecule has 0 saturated heterocycles. The zero-order valence-corrected chi connectivity index (χ0v) is 12.3. The molecule has 0 aliphatic rings. The van der Waals surface area contributed by atoms with E-state index in [0.717, 1.165) is 11.1 Å². The van der Waals surface area contributed by atoms with Crippen LogP contribution in [-0.2, 0) is 6.54 Å². The maximum absolute atomic E-state index is 10.1. The van der Waals surface area contributed by atoms with Crippen molar-refractivity contribution >= 4 is 0 Å². The summed E-state index contributed by atoms with van der Waals surface area (Å²) in [6.45, 7) is 3.04. The average molecular weight is 287 g/mol. The molecule has 1 atom stereocenters. The van der Waals surface area contributed by atoms with E-state index in [1.165, 1.54) is 12.7 Å². The van der Waals surface area contributed by atoms with E-state index in [2.05, 4.69) is 5.32 Å². The highest BCUT2D eigenvalue weighted by atomic mass is 16.5. The van der Waals surface area contributed by atoms with E-state index in [1.54, 1.807) is 12.1 Å². The minimum atomic E-state index is -0.544. The first-order chi connectivity index (χ1) is 10.1. The Morgan fingerprint density at radius 1 is 1.14 bits per heavy atom. The Kier molecular flexibility index (Phi) is 5.20. The van der Waals surface area contributed by atoms with Crippen LogP contribution in [0.25, 0.3) is 0 Å². The molecule has 0 radical (unpaired) electrons. The van der Waals surface area contributed by atoms with Crippen molar-refractivity contribution in [1.29, 1.82) is 0 Å². The lowest BCUT2D eigenvalue weighted by Gasteiger charge is -2.13. The number of aliphatic hydroxyl groups excluding tert-OH is 1. The fourth-order valence-electron chi connectivity index (χ4n) is 2.11. The molecule has 0 amide bonds. The van der Waals surface area contributed by atoms with Crippen LogP contribution < -0.4 is 10.1 Å². The van der Waals surface area contributed by atoms with Crippen LogP contribution in [0.15, 0.2) is 42.5 Å². The first kappa shape index (κ1) is 15.4. The molecule has 0 heterocycles. The standard InChI is InChI=1S/C17H21NO3/c1-12-3-6-14(7-4-12)16(20)11-18-10-13-5-8-17(21-2)15(19)9-13/h3-9,16,18-20H,10-11H2,1-2H3/t16-/m0/s1. The van der Waals surface area contributed by atoms with Gasteiger partial charge in [0.05, 0.1) is 13.2 Å². The Hall–Kier alpha value is -2.04. The zero-order valence-electron chi connectivity index (χ0n) is 12.3. The number of ether oxygens (including phenoxy) is 1. The lowest BCUT2D eigenvalue weighted by molar-refractivity contribution is 0.174. The minimum absolute atomic E-state index is 0.121. The van der Waals surface area contributed by atoms with Crippen LogP contribution in [0.5, 0.6) is 11.5 Å². The predicted octanol–water partition coefficient (Wildman–Crippen LogP) is 2.53. The van der Waals surface area contributed by atoms with Crippen molar-refractivity contribution < 1.29 is 14.9 Å². The van der Waals surface area contributed by atoms with E-state index in [9.17, 15) is 10.2 Å². The number of phenolic OH excluding ortho intramolecular Hbond substituents is 1. The molecule has 2 aromatic rings. The van der Waals surface area contributed by atoms with E-state index >= 15 is 0 Å². The summed E-state index contributed by atoms with van der Waals surface area (Å²) in [5.74, 6) is 0.578. The van der Waals surface area contributed by atoms with Gasteiger partial charge in [-0.1, -0.05) is 35.9 Å². The summed E-state index contributed by atoms with van der Waals surface area (Å²) < 4.78 is 5.00. The van der Waals surface area contributed by atoms with Crippen molar-refractivity contribution in [1.82, 2.24) is 5.32 Å². The summed E-state index contributed by atoms with van der Waals surface area (Å²) in [6, 6.07) is 13.1. The van der Waals surface area contributed by atoms with Gasteiger partial charge in [-0.3, -0.25) is 0 Å². The van der Waals surface area contributed by atoms with Gasteiger partial charge in [-0.2, -0.15) is 0 Å². The molecule has 0 aromatic heterocycles. The van der Waals surface area contributed by atoms with E-state index in [0.29, 0.717) is 18.8 Å². The fraction of sp³-hybridized carbons (Fsp3) is 0.294. The number of aryl methyl sites for hydroxylation is 1. The molecule has 4 heteroatoms. The fourth-order valence-corrected chi connectivity index (χ4v) is 2.11. The summed E-state index contributed by atoms with van der Waals surface area (Å²) in [5.41, 5.74) is 3.00. The Morgan fingerprint density at radius 2 is 1.86 bits per heavy atom. The number of hydrogen-bond donors (Lipinski definition) is 3. The number of nitrogens with one attached hydrogen (secondary N) is 1. The molecule has 0 fully saturated rings. The largest absolute Gasteiger partial charge is 0.504 e. The number of phenols is 1. The molecule has 21 heavy (non-hydrogen) atoms. The van der Waals surface area contributed by atoms with Gasteiger partial charge in [0.25, 0.3) is 0 Å². The SMILES string of the molecule is COc1ccc(CNC[C@H](O)c2ccc(C)cc2)cc1O. The van der Waals surface area contributed by atoms with Gasteiger partial charge in [0.2, 0.25) is 0 Å². The summed E-state index contributed by atoms with van der Waals surface area (Å²) in [7, 11) is 1.52. The van der Waals surface area contributed by atoms with E-state index in [-0.39, 0.29) is 5.75 Å². The second-order valence-corrected chi connectivity index (χ2v) is 5.06. The van der Waals surface area contributed by atoms with Crippen molar-refractivity contribution in [3.05, 3.63) is 59.2 Å². The van der Waals surface area contributed by atoms with Gasteiger partial charge in [0.15, 0.2) is 11.5 Å². The molecule has 3 N–H and O–H groups in total. The highest BCUT2D eigenvalue weighted by Crippen LogP contribution is 2.26. The first-order valence-corrected chi connectivity index (χ1v) is 6.91. The molecule has 0 bridgehead atoms. The number of hydrogen-bond acceptors (Lipinski definition) is 4. The third kappa shape index (κ3) is 4.21. The van der Waals surface area contributed by atoms with Crippen LogP contribution >= 0.6 is 0 Å². The normalized spacial score (nSPS) is 12.1. The molecule has 0 saturated carbocycles. The predicted molar refractivity (Wildman–Crippen MR) is 82.5 cm³/mol. The second kappa shape index (κ2) is 7.11. The van der Waals surface area contributed by atoms with Crippen molar-refractivity contribution in [2.24, 2.45) is 0 Å². The molecule has 4 nitrogen and oxygen atoms in total. The van der Waals surface area contributed by atoms with Gasteiger partial charge in [0, 0.05) is 13.1 Å². The Balaban J connectivity index is 1.86. The van der Waals surface area contributed by atoms with Crippen molar-refractivity contribution in [3.63, 3.8) is 0 Å². The maximum atomic E-state index is 10.1. The van der Waals surface area contributed by atoms with Crippen LogP contribution in [0.3, 0.4) is 0 Å². The molecule has 112 valence electrons. The molecule has 0 aliphatic carbocycles. The Labute approximate surface area is 125 Å². The van der Waals surface area contributed by atoms with Gasteiger partial charge in [-0.25, -0.2) is 0 Å². The van der Waals surface area contributed by atoms with Gasteiger partial charge in [-0.15, -0.1) is 0 Å². The van der Waals surface area contributed by atoms with E-state index < -0.39 is 6.10 Å². The van der Waals surface area contributed by atoms with Crippen LogP contribution in [-0.4, -0.2) is 23.9 Å². The monoisotopic (exact) mass is 287 g/mol. The second-order valence-electron chi connectivity index (χ2n) is 5.06. The summed E-state index contributed by atoms with van der Waals surface area (Å²) >= 11 is 0. The average Bonchev–Trinajstić information content (AvgIpc) is 2.48. The smallest absolute Gasteiger partial charge is 0.160 e. The van der Waals surface area contributed by atoms with Crippen LogP contribution in [0.4, 0.5) is 0 Å². The van der Waals surface area contributed by atoms with Crippen LogP contribution in [0.2, 0.25) is 0 Å². The Bertz CT molecular complexity index is 581. The van der Waals surface area contributed by atoms with Gasteiger partial charge in [-0.05, 0) is 30.2 Å². The molecular formula is C17H21NO3. The van der Waals surface area contributed by atoms with Crippen molar-refractivity contribution in [2.45, 2.75) is 19.6 Å². The molecular weight excluding hydrogens is 266 g/mol. The van der Waals surface area contributed by atoms with Gasteiger partial charge < -0.3 is 20.3 Å². The van der Waals surface area contributed by atoms with Gasteiger partial charge >= 0.3 is 0 Å². The quantitative estimate of drug-likeness (QED) is 0.764. The topological polar surface area (TPSA) is 61.7 Å². The summed E-state index contributed by atoms with van der Waals surface area (Å²) in [4.78, 5) is 0. The lowest BCUT2D eigenvalue weighted by Crippen LogP contribution is -2.21. The number of rotatable bonds is 6. The number of benzene rings is 2. The lowest BCUT2D eigenvalue weighted by atomic mass is 10.1. The third-order valence-corrected chi connectivity index (χ3v) is 3.37. The van der Waals surface area contributed by atoms with E-state index in [1.807, 2.05) is 37.3 Å². The van der Waals surface area contributed by atoms with Crippen LogP contribution in [0, 0.1) is 6.92 Å². The summed E-state index contributed by atoms with van der Waals surface area (Å²) in [5, 5.41) is 23.0. The van der Waals surface area contributed by atoms with E-state index in [4.69, 9.17) is 4.74 Å². The first-order valence-electron chi connectivity index (χ1n) is 6.91.